The predicted octanol–water partition coefficient (Wildman–Crippen LogP) is 5.69. The van der Waals surface area contributed by atoms with Gasteiger partial charge in [0.25, 0.3) is 5.91 Å². The second-order valence-corrected chi connectivity index (χ2v) is 10.8. The molecule has 0 radical (unpaired) electrons. The molecule has 0 aliphatic carbocycles. The molecule has 0 aliphatic rings. The molecule has 0 saturated heterocycles. The van der Waals surface area contributed by atoms with Crippen molar-refractivity contribution in [1.29, 1.82) is 0 Å². The van der Waals surface area contributed by atoms with Crippen molar-refractivity contribution in [3.8, 4) is 0 Å². The van der Waals surface area contributed by atoms with E-state index in [1.165, 1.54) is 4.90 Å². The van der Waals surface area contributed by atoms with Crippen LogP contribution >= 0.6 is 0 Å². The lowest BCUT2D eigenvalue weighted by molar-refractivity contribution is -0.139. The largest absolute Gasteiger partial charge is 0.444 e. The Morgan fingerprint density at radius 1 is 0.944 bits per heavy atom. The number of benzene rings is 2. The maximum Gasteiger partial charge on any atom is 0.408 e. The molecule has 0 heterocycles. The van der Waals surface area contributed by atoms with Gasteiger partial charge in [-0.2, -0.15) is 0 Å². The Kier molecular flexibility index (Phi) is 9.68. The summed E-state index contributed by atoms with van der Waals surface area (Å²) in [5.74, 6) is -0.565. The third kappa shape index (κ3) is 8.11. The number of nitrogens with one attached hydrogen (secondary N) is 2. The number of amides is 3. The zero-order chi connectivity index (χ0) is 27.2. The summed E-state index contributed by atoms with van der Waals surface area (Å²) in [5.41, 5.74) is 3.71. The van der Waals surface area contributed by atoms with Crippen LogP contribution in [0.4, 0.5) is 10.5 Å². The van der Waals surface area contributed by atoms with Crippen LogP contribution in [-0.4, -0.2) is 41.5 Å². The van der Waals surface area contributed by atoms with Crippen LogP contribution < -0.4 is 10.6 Å². The van der Waals surface area contributed by atoms with Crippen LogP contribution in [0.25, 0.3) is 0 Å². The maximum atomic E-state index is 13.7. The Morgan fingerprint density at radius 2 is 1.58 bits per heavy atom. The molecular formula is C29H41N3O4. The van der Waals surface area contributed by atoms with E-state index in [0.717, 1.165) is 16.7 Å². The van der Waals surface area contributed by atoms with Crippen LogP contribution in [0.2, 0.25) is 0 Å². The fraction of sp³-hybridized carbons (Fsp3) is 0.483. The highest BCUT2D eigenvalue weighted by atomic mass is 16.6. The topological polar surface area (TPSA) is 87.7 Å². The molecule has 2 aromatic rings. The SMILES string of the molecule is Cc1ccc(C(C(=O)Nc2ccccc2C)N(C)C(=O)C(CC(C)C)NC(=O)OC(C)(C)C)cc1C. The number of alkyl carbamates (subject to hydrolysis) is 1. The summed E-state index contributed by atoms with van der Waals surface area (Å²) in [6.07, 6.45) is -0.261. The minimum absolute atomic E-state index is 0.128. The van der Waals surface area contributed by atoms with Crippen molar-refractivity contribution in [2.75, 3.05) is 12.4 Å². The van der Waals surface area contributed by atoms with Crippen molar-refractivity contribution in [2.24, 2.45) is 5.92 Å². The fourth-order valence-electron chi connectivity index (χ4n) is 3.92. The first-order chi connectivity index (χ1) is 16.7. The molecule has 7 heteroatoms. The normalized spacial score (nSPS) is 13.1. The summed E-state index contributed by atoms with van der Waals surface area (Å²) in [4.78, 5) is 41.3. The van der Waals surface area contributed by atoms with Gasteiger partial charge in [-0.1, -0.05) is 50.2 Å². The number of para-hydroxylation sites is 1. The monoisotopic (exact) mass is 495 g/mol. The number of aryl methyl sites for hydroxylation is 3. The lowest BCUT2D eigenvalue weighted by Crippen LogP contribution is -2.51. The van der Waals surface area contributed by atoms with Crippen molar-refractivity contribution in [1.82, 2.24) is 10.2 Å². The third-order valence-corrected chi connectivity index (χ3v) is 5.93. The first-order valence-corrected chi connectivity index (χ1v) is 12.4. The van der Waals surface area contributed by atoms with E-state index in [1.54, 1.807) is 27.8 Å². The number of carbonyl (C=O) groups excluding carboxylic acids is 3. The Morgan fingerprint density at radius 3 is 2.14 bits per heavy atom. The molecule has 0 aromatic heterocycles. The Balaban J connectivity index is 2.43. The Hall–Kier alpha value is -3.35. The van der Waals surface area contributed by atoms with Gasteiger partial charge in [0.05, 0.1) is 0 Å². The third-order valence-electron chi connectivity index (χ3n) is 5.93. The summed E-state index contributed by atoms with van der Waals surface area (Å²) >= 11 is 0. The van der Waals surface area contributed by atoms with Crippen LogP contribution in [0.1, 0.15) is 69.3 Å². The van der Waals surface area contributed by atoms with E-state index in [4.69, 9.17) is 4.74 Å². The average Bonchev–Trinajstić information content (AvgIpc) is 2.75. The minimum Gasteiger partial charge on any atom is -0.444 e. The van der Waals surface area contributed by atoms with Crippen LogP contribution in [0.5, 0.6) is 0 Å². The first kappa shape index (κ1) is 28.9. The van der Waals surface area contributed by atoms with Crippen molar-refractivity contribution >= 4 is 23.6 Å². The summed E-state index contributed by atoms with van der Waals surface area (Å²) in [6, 6.07) is 11.5. The van der Waals surface area contributed by atoms with Crippen molar-refractivity contribution in [3.05, 3.63) is 64.7 Å². The molecule has 0 bridgehead atoms. The van der Waals surface area contributed by atoms with Crippen LogP contribution in [0, 0.1) is 26.7 Å². The molecule has 2 rings (SSSR count). The van der Waals surface area contributed by atoms with Gasteiger partial charge in [0, 0.05) is 12.7 Å². The van der Waals surface area contributed by atoms with Crippen molar-refractivity contribution in [2.45, 2.75) is 79.5 Å². The van der Waals surface area contributed by atoms with Gasteiger partial charge in [-0.05, 0) is 82.2 Å². The van der Waals surface area contributed by atoms with E-state index >= 15 is 0 Å². The summed E-state index contributed by atoms with van der Waals surface area (Å²) in [7, 11) is 1.60. The van der Waals surface area contributed by atoms with Crippen molar-refractivity contribution in [3.63, 3.8) is 0 Å². The Labute approximate surface area is 215 Å². The number of likely N-dealkylation sites (N-methyl/N-ethyl adjacent to an activating group) is 1. The predicted molar refractivity (Wildman–Crippen MR) is 144 cm³/mol. The van der Waals surface area contributed by atoms with E-state index < -0.39 is 23.8 Å². The zero-order valence-corrected chi connectivity index (χ0v) is 23.1. The maximum absolute atomic E-state index is 13.7. The number of carbonyl (C=O) groups is 3. The summed E-state index contributed by atoms with van der Waals surface area (Å²) < 4.78 is 5.39. The van der Waals surface area contributed by atoms with E-state index in [0.29, 0.717) is 17.7 Å². The van der Waals surface area contributed by atoms with E-state index in [-0.39, 0.29) is 17.7 Å². The number of hydrogen-bond acceptors (Lipinski definition) is 4. The summed E-state index contributed by atoms with van der Waals surface area (Å²) in [6.45, 7) is 15.1. The second-order valence-electron chi connectivity index (χ2n) is 10.8. The van der Waals surface area contributed by atoms with E-state index in [1.807, 2.05) is 77.1 Å². The quantitative estimate of drug-likeness (QED) is 0.492. The highest BCUT2D eigenvalue weighted by Gasteiger charge is 2.34. The molecule has 3 amide bonds. The molecule has 2 atom stereocenters. The lowest BCUT2D eigenvalue weighted by Gasteiger charge is -2.32. The van der Waals surface area contributed by atoms with E-state index in [2.05, 4.69) is 10.6 Å². The van der Waals surface area contributed by atoms with Crippen LogP contribution in [-0.2, 0) is 14.3 Å². The first-order valence-electron chi connectivity index (χ1n) is 12.4. The van der Waals surface area contributed by atoms with Crippen molar-refractivity contribution < 1.29 is 19.1 Å². The highest BCUT2D eigenvalue weighted by Crippen LogP contribution is 2.26. The molecule has 196 valence electrons. The smallest absolute Gasteiger partial charge is 0.408 e. The van der Waals surface area contributed by atoms with Gasteiger partial charge in [-0.3, -0.25) is 9.59 Å². The number of nitrogens with zero attached hydrogens (tertiary/aromatic N) is 1. The van der Waals surface area contributed by atoms with Gasteiger partial charge in [0.2, 0.25) is 5.91 Å². The molecule has 2 unspecified atom stereocenters. The molecule has 0 spiro atoms. The summed E-state index contributed by atoms with van der Waals surface area (Å²) in [5, 5.41) is 5.71. The van der Waals surface area contributed by atoms with Gasteiger partial charge in [0.1, 0.15) is 17.7 Å². The van der Waals surface area contributed by atoms with Gasteiger partial charge in [0.15, 0.2) is 0 Å². The van der Waals surface area contributed by atoms with Crippen LogP contribution in [0.15, 0.2) is 42.5 Å². The number of rotatable bonds is 8. The highest BCUT2D eigenvalue weighted by molar-refractivity contribution is 5.99. The van der Waals surface area contributed by atoms with Gasteiger partial charge < -0.3 is 20.3 Å². The standard InChI is InChI=1S/C29H41N3O4/c1-18(2)16-24(31-28(35)36-29(6,7)8)27(34)32(9)25(22-15-14-19(3)21(5)17-22)26(33)30-23-13-11-10-12-20(23)4/h10-15,17-18,24-25H,16H2,1-9H3,(H,30,33)(H,31,35). The molecule has 0 saturated carbocycles. The average molecular weight is 496 g/mol. The molecular weight excluding hydrogens is 454 g/mol. The molecule has 2 aromatic carbocycles. The van der Waals surface area contributed by atoms with Gasteiger partial charge in [-0.15, -0.1) is 0 Å². The molecule has 36 heavy (non-hydrogen) atoms. The number of anilines is 1. The zero-order valence-electron chi connectivity index (χ0n) is 23.1. The molecule has 2 N–H and O–H groups in total. The van der Waals surface area contributed by atoms with Gasteiger partial charge in [-0.25, -0.2) is 4.79 Å². The fourth-order valence-corrected chi connectivity index (χ4v) is 3.92. The number of ether oxygens (including phenoxy) is 1. The van der Waals surface area contributed by atoms with E-state index in [9.17, 15) is 14.4 Å². The molecule has 0 fully saturated rings. The lowest BCUT2D eigenvalue weighted by atomic mass is 9.97. The second kappa shape index (κ2) is 12.1. The minimum atomic E-state index is -0.897. The molecule has 0 aliphatic heterocycles. The molecule has 7 nitrogen and oxygen atoms in total. The Bertz CT molecular complexity index is 1090. The van der Waals surface area contributed by atoms with Gasteiger partial charge >= 0.3 is 6.09 Å². The number of hydrogen-bond donors (Lipinski definition) is 2. The van der Waals surface area contributed by atoms with Crippen LogP contribution in [0.3, 0.4) is 0 Å².